The first-order valence-electron chi connectivity index (χ1n) is 8.56. The Hall–Kier alpha value is -3.72. The number of hydrogen-bond acceptors (Lipinski definition) is 5. The van der Waals surface area contributed by atoms with Crippen molar-refractivity contribution in [2.45, 2.75) is 19.8 Å². The molecule has 0 aliphatic rings. The second kappa shape index (κ2) is 8.11. The molecule has 1 amide bonds. The van der Waals surface area contributed by atoms with Crippen molar-refractivity contribution in [1.82, 2.24) is 9.97 Å². The number of rotatable bonds is 5. The Bertz CT molecular complexity index is 1010. The Morgan fingerprint density at radius 1 is 1.07 bits per heavy atom. The Morgan fingerprint density at radius 2 is 1.89 bits per heavy atom. The topological polar surface area (TPSA) is 90.7 Å². The minimum absolute atomic E-state index is 0.252. The fourth-order valence-electron chi connectivity index (χ4n) is 2.66. The van der Waals surface area contributed by atoms with E-state index in [1.54, 1.807) is 24.3 Å². The number of amides is 1. The third kappa shape index (κ3) is 4.47. The van der Waals surface area contributed by atoms with E-state index in [1.165, 1.54) is 6.33 Å². The van der Waals surface area contributed by atoms with E-state index < -0.39 is 0 Å². The highest BCUT2D eigenvalue weighted by Crippen LogP contribution is 2.24. The maximum atomic E-state index is 12.6. The van der Waals surface area contributed by atoms with Crippen LogP contribution in [-0.2, 0) is 0 Å². The summed E-state index contributed by atoms with van der Waals surface area (Å²) in [5, 5.41) is 15.0. The summed E-state index contributed by atoms with van der Waals surface area (Å²) in [5.74, 6) is 0.457. The molecule has 3 aromatic rings. The molecular formula is C21H19N5O. The lowest BCUT2D eigenvalue weighted by atomic mass is 10.0. The van der Waals surface area contributed by atoms with Crippen molar-refractivity contribution >= 4 is 23.1 Å². The standard InChI is InChI=1S/C21H19N5O/c1-14(2)17-8-3-4-9-18(17)26-21(27)19-11-20(24-13-23-19)25-16-7-5-6-15(10-16)12-22/h3-11,13-14H,1-2H3,(H,26,27)(H,23,24,25). The molecule has 0 fully saturated rings. The molecule has 0 saturated carbocycles. The number of carbonyl (C=O) groups excluding carboxylic acids is 1. The number of nitrogens with one attached hydrogen (secondary N) is 2. The number of carbonyl (C=O) groups is 1. The summed E-state index contributed by atoms with van der Waals surface area (Å²) < 4.78 is 0. The number of hydrogen-bond donors (Lipinski definition) is 2. The molecule has 0 radical (unpaired) electrons. The molecule has 0 bridgehead atoms. The Kier molecular flexibility index (Phi) is 5.43. The van der Waals surface area contributed by atoms with Crippen LogP contribution >= 0.6 is 0 Å². The van der Waals surface area contributed by atoms with Gasteiger partial charge in [-0.2, -0.15) is 5.26 Å². The van der Waals surface area contributed by atoms with Gasteiger partial charge in [-0.1, -0.05) is 38.1 Å². The summed E-state index contributed by atoms with van der Waals surface area (Å²) in [5.41, 5.74) is 3.34. The summed E-state index contributed by atoms with van der Waals surface area (Å²) in [4.78, 5) is 20.8. The highest BCUT2D eigenvalue weighted by Gasteiger charge is 2.13. The van der Waals surface area contributed by atoms with Gasteiger partial charge in [0, 0.05) is 17.4 Å². The van der Waals surface area contributed by atoms with Crippen LogP contribution in [0, 0.1) is 11.3 Å². The maximum Gasteiger partial charge on any atom is 0.274 e. The number of aromatic nitrogens is 2. The minimum Gasteiger partial charge on any atom is -0.340 e. The van der Waals surface area contributed by atoms with Crippen LogP contribution in [0.1, 0.15) is 41.4 Å². The van der Waals surface area contributed by atoms with Crippen molar-refractivity contribution in [1.29, 1.82) is 5.26 Å². The lowest BCUT2D eigenvalue weighted by Crippen LogP contribution is -2.15. The predicted octanol–water partition coefficient (Wildman–Crippen LogP) is 4.47. The summed E-state index contributed by atoms with van der Waals surface area (Å²) in [6.07, 6.45) is 1.33. The van der Waals surface area contributed by atoms with Gasteiger partial charge in [0.2, 0.25) is 0 Å². The predicted molar refractivity (Wildman–Crippen MR) is 105 cm³/mol. The number of para-hydroxylation sites is 1. The molecule has 1 heterocycles. The molecule has 27 heavy (non-hydrogen) atoms. The van der Waals surface area contributed by atoms with Crippen LogP contribution < -0.4 is 10.6 Å². The quantitative estimate of drug-likeness (QED) is 0.703. The number of benzene rings is 2. The van der Waals surface area contributed by atoms with E-state index in [-0.39, 0.29) is 17.5 Å². The number of nitriles is 1. The first-order valence-corrected chi connectivity index (χ1v) is 8.56. The van der Waals surface area contributed by atoms with Crippen molar-refractivity contribution in [3.8, 4) is 6.07 Å². The average molecular weight is 357 g/mol. The molecule has 0 aliphatic carbocycles. The normalized spacial score (nSPS) is 10.3. The number of nitrogens with zero attached hydrogens (tertiary/aromatic N) is 3. The molecule has 0 atom stereocenters. The van der Waals surface area contributed by atoms with E-state index in [1.807, 2.05) is 30.3 Å². The van der Waals surface area contributed by atoms with Crippen molar-refractivity contribution in [2.24, 2.45) is 0 Å². The second-order valence-corrected chi connectivity index (χ2v) is 6.30. The Balaban J connectivity index is 1.79. The van der Waals surface area contributed by atoms with Gasteiger partial charge in [0.1, 0.15) is 17.8 Å². The fourth-order valence-corrected chi connectivity index (χ4v) is 2.66. The maximum absolute atomic E-state index is 12.6. The van der Waals surface area contributed by atoms with Gasteiger partial charge in [-0.15, -0.1) is 0 Å². The van der Waals surface area contributed by atoms with E-state index in [4.69, 9.17) is 5.26 Å². The van der Waals surface area contributed by atoms with Crippen LogP contribution in [0.3, 0.4) is 0 Å². The molecule has 2 aromatic carbocycles. The smallest absolute Gasteiger partial charge is 0.274 e. The zero-order chi connectivity index (χ0) is 19.2. The fraction of sp³-hybridized carbons (Fsp3) is 0.143. The molecular weight excluding hydrogens is 338 g/mol. The Labute approximate surface area is 157 Å². The van der Waals surface area contributed by atoms with Gasteiger partial charge in [0.15, 0.2) is 0 Å². The van der Waals surface area contributed by atoms with E-state index in [2.05, 4.69) is 40.5 Å². The molecule has 1 aromatic heterocycles. The molecule has 134 valence electrons. The van der Waals surface area contributed by atoms with Crippen molar-refractivity contribution in [3.63, 3.8) is 0 Å². The highest BCUT2D eigenvalue weighted by molar-refractivity contribution is 6.03. The molecule has 0 aliphatic heterocycles. The van der Waals surface area contributed by atoms with Gasteiger partial charge in [-0.25, -0.2) is 9.97 Å². The van der Waals surface area contributed by atoms with Crippen molar-refractivity contribution < 1.29 is 4.79 Å². The minimum atomic E-state index is -0.306. The molecule has 6 heteroatoms. The summed E-state index contributed by atoms with van der Waals surface area (Å²) in [6, 6.07) is 18.4. The SMILES string of the molecule is CC(C)c1ccccc1NC(=O)c1cc(Nc2cccc(C#N)c2)ncn1. The van der Waals surface area contributed by atoms with E-state index >= 15 is 0 Å². The summed E-state index contributed by atoms with van der Waals surface area (Å²) >= 11 is 0. The van der Waals surface area contributed by atoms with Crippen molar-refractivity contribution in [3.05, 3.63) is 77.7 Å². The van der Waals surface area contributed by atoms with E-state index in [0.717, 1.165) is 11.3 Å². The second-order valence-electron chi connectivity index (χ2n) is 6.30. The molecule has 6 nitrogen and oxygen atoms in total. The largest absolute Gasteiger partial charge is 0.340 e. The molecule has 3 rings (SSSR count). The average Bonchev–Trinajstić information content (AvgIpc) is 2.68. The monoisotopic (exact) mass is 357 g/mol. The third-order valence-corrected chi connectivity index (χ3v) is 3.99. The van der Waals surface area contributed by atoms with Crippen LogP contribution in [0.5, 0.6) is 0 Å². The van der Waals surface area contributed by atoms with Crippen molar-refractivity contribution in [2.75, 3.05) is 10.6 Å². The van der Waals surface area contributed by atoms with Gasteiger partial charge in [0.25, 0.3) is 5.91 Å². The van der Waals surface area contributed by atoms with E-state index in [9.17, 15) is 4.79 Å². The van der Waals surface area contributed by atoms with Crippen LogP contribution in [0.4, 0.5) is 17.2 Å². The molecule has 0 spiro atoms. The zero-order valence-electron chi connectivity index (χ0n) is 15.1. The number of anilines is 3. The molecule has 0 unspecified atom stereocenters. The van der Waals surface area contributed by atoms with Crippen LogP contribution in [0.15, 0.2) is 60.9 Å². The molecule has 2 N–H and O–H groups in total. The third-order valence-electron chi connectivity index (χ3n) is 3.99. The van der Waals surface area contributed by atoms with E-state index in [0.29, 0.717) is 17.1 Å². The summed E-state index contributed by atoms with van der Waals surface area (Å²) in [6.45, 7) is 4.15. The van der Waals surface area contributed by atoms with Crippen LogP contribution in [-0.4, -0.2) is 15.9 Å². The Morgan fingerprint density at radius 3 is 2.67 bits per heavy atom. The zero-order valence-corrected chi connectivity index (χ0v) is 15.1. The lowest BCUT2D eigenvalue weighted by molar-refractivity contribution is 0.102. The highest BCUT2D eigenvalue weighted by atomic mass is 16.1. The van der Waals surface area contributed by atoms with Crippen LogP contribution in [0.2, 0.25) is 0 Å². The lowest BCUT2D eigenvalue weighted by Gasteiger charge is -2.13. The van der Waals surface area contributed by atoms with Gasteiger partial charge in [-0.05, 0) is 35.7 Å². The summed E-state index contributed by atoms with van der Waals surface area (Å²) in [7, 11) is 0. The van der Waals surface area contributed by atoms with Gasteiger partial charge in [-0.3, -0.25) is 4.79 Å². The van der Waals surface area contributed by atoms with Gasteiger partial charge < -0.3 is 10.6 Å². The van der Waals surface area contributed by atoms with Gasteiger partial charge in [0.05, 0.1) is 11.6 Å². The first-order chi connectivity index (χ1) is 13.1. The first kappa shape index (κ1) is 18.1. The molecule has 0 saturated heterocycles. The van der Waals surface area contributed by atoms with Crippen LogP contribution in [0.25, 0.3) is 0 Å². The van der Waals surface area contributed by atoms with Gasteiger partial charge >= 0.3 is 0 Å².